The van der Waals surface area contributed by atoms with Crippen LogP contribution in [0.4, 0.5) is 18.9 Å². The number of morpholine rings is 1. The summed E-state index contributed by atoms with van der Waals surface area (Å²) in [7, 11) is 0. The summed E-state index contributed by atoms with van der Waals surface area (Å²) in [6, 6.07) is 6.79. The Morgan fingerprint density at radius 1 is 1.32 bits per heavy atom. The minimum absolute atomic E-state index is 0. The minimum atomic E-state index is -4.63. The number of nitrogens with one attached hydrogen (secondary N) is 2. The summed E-state index contributed by atoms with van der Waals surface area (Å²) in [6.07, 6.45) is -3.65. The van der Waals surface area contributed by atoms with E-state index >= 15 is 0 Å². The van der Waals surface area contributed by atoms with Gasteiger partial charge in [0.05, 0.1) is 36.7 Å². The van der Waals surface area contributed by atoms with Crippen LogP contribution in [0.5, 0.6) is 0 Å². The Hall–Kier alpha value is -2.74. The first-order chi connectivity index (χ1) is 12.9. The maximum atomic E-state index is 12.5. The van der Waals surface area contributed by atoms with Gasteiger partial charge in [0, 0.05) is 18.8 Å². The van der Waals surface area contributed by atoms with E-state index in [4.69, 9.17) is 4.74 Å². The van der Waals surface area contributed by atoms with E-state index < -0.39 is 17.8 Å². The first kappa shape index (κ1) is 21.6. The summed E-state index contributed by atoms with van der Waals surface area (Å²) in [6.45, 7) is 1.84. The molecule has 1 aromatic carbocycles. The van der Waals surface area contributed by atoms with E-state index in [0.29, 0.717) is 36.2 Å². The van der Waals surface area contributed by atoms with Crippen LogP contribution >= 0.6 is 12.4 Å². The molecule has 1 aliphatic rings. The normalized spacial score (nSPS) is 16.6. The molecule has 0 spiro atoms. The van der Waals surface area contributed by atoms with Gasteiger partial charge in [-0.15, -0.1) is 12.4 Å². The third kappa shape index (κ3) is 4.95. The fourth-order valence-electron chi connectivity index (χ4n) is 2.56. The molecule has 2 N–H and O–H groups in total. The van der Waals surface area contributed by atoms with Crippen LogP contribution < -0.4 is 10.6 Å². The number of rotatable bonds is 3. The Balaban J connectivity index is 0.00000280. The number of carbonyl (C=O) groups is 1. The molecule has 2 aromatic rings. The number of aromatic nitrogens is 2. The molecular weight excluding hydrogens is 399 g/mol. The Bertz CT molecular complexity index is 878. The number of hydrogen-bond acceptors (Lipinski definition) is 6. The number of ether oxygens (including phenoxy) is 1. The van der Waals surface area contributed by atoms with E-state index in [1.165, 1.54) is 6.07 Å². The molecular formula is C17H15ClF3N5O2. The first-order valence-electron chi connectivity index (χ1n) is 7.95. The van der Waals surface area contributed by atoms with Gasteiger partial charge in [0.1, 0.15) is 5.69 Å². The van der Waals surface area contributed by atoms with Crippen molar-refractivity contribution in [2.45, 2.75) is 12.3 Å². The Morgan fingerprint density at radius 3 is 2.68 bits per heavy atom. The summed E-state index contributed by atoms with van der Waals surface area (Å²) in [4.78, 5) is 18.8. The number of benzene rings is 1. The van der Waals surface area contributed by atoms with Crippen molar-refractivity contribution in [3.63, 3.8) is 0 Å². The highest BCUT2D eigenvalue weighted by molar-refractivity contribution is 6.02. The van der Waals surface area contributed by atoms with Crippen molar-refractivity contribution in [2.75, 3.05) is 25.0 Å². The first-order valence-corrected chi connectivity index (χ1v) is 7.95. The van der Waals surface area contributed by atoms with Crippen LogP contribution in [0, 0.1) is 11.3 Å². The van der Waals surface area contributed by atoms with Gasteiger partial charge in [-0.2, -0.15) is 18.4 Å². The summed E-state index contributed by atoms with van der Waals surface area (Å²) < 4.78 is 43.1. The van der Waals surface area contributed by atoms with Crippen LogP contribution in [0.3, 0.4) is 0 Å². The van der Waals surface area contributed by atoms with Crippen LogP contribution in [0.1, 0.15) is 33.4 Å². The highest BCUT2D eigenvalue weighted by Crippen LogP contribution is 2.27. The number of carbonyl (C=O) groups excluding carboxylic acids is 1. The molecule has 28 heavy (non-hydrogen) atoms. The predicted octanol–water partition coefficient (Wildman–Crippen LogP) is 2.70. The fourth-order valence-corrected chi connectivity index (χ4v) is 2.56. The molecule has 1 atom stereocenters. The van der Waals surface area contributed by atoms with Crippen molar-refractivity contribution in [3.05, 3.63) is 53.1 Å². The minimum Gasteiger partial charge on any atom is -0.371 e. The molecule has 0 saturated carbocycles. The fraction of sp³-hybridized carbons (Fsp3) is 0.294. The third-order valence-electron chi connectivity index (χ3n) is 3.88. The van der Waals surface area contributed by atoms with Gasteiger partial charge in [0.2, 0.25) is 0 Å². The van der Waals surface area contributed by atoms with E-state index in [0.717, 1.165) is 12.7 Å². The van der Waals surface area contributed by atoms with Gasteiger partial charge in [-0.1, -0.05) is 6.07 Å². The Labute approximate surface area is 164 Å². The SMILES string of the molecule is Cl.N#Cc1cc(NC(=O)c2cnc(C(F)(F)F)cn2)ccc1C1CNCCO1. The van der Waals surface area contributed by atoms with Gasteiger partial charge < -0.3 is 15.4 Å². The second kappa shape index (κ2) is 8.97. The number of nitriles is 1. The summed E-state index contributed by atoms with van der Waals surface area (Å²) in [5.74, 6) is -0.733. The van der Waals surface area contributed by atoms with Crippen molar-refractivity contribution in [3.8, 4) is 6.07 Å². The lowest BCUT2D eigenvalue weighted by atomic mass is 10.0. The lowest BCUT2D eigenvalue weighted by molar-refractivity contribution is -0.141. The summed E-state index contributed by atoms with van der Waals surface area (Å²) in [5, 5.41) is 15.0. The second-order valence-electron chi connectivity index (χ2n) is 5.72. The summed E-state index contributed by atoms with van der Waals surface area (Å²) >= 11 is 0. The standard InChI is InChI=1S/C17H14F3N5O2.ClH/c18-17(19,20)15-9-23-13(7-24-15)16(26)25-11-1-2-12(10(5-11)6-21)14-8-22-3-4-27-14;/h1-2,5,7,9,14,22H,3-4,8H2,(H,25,26);1H. The van der Waals surface area contributed by atoms with Gasteiger partial charge in [0.25, 0.3) is 5.91 Å². The van der Waals surface area contributed by atoms with Crippen LogP contribution in [0.2, 0.25) is 0 Å². The lowest BCUT2D eigenvalue weighted by Crippen LogP contribution is -2.33. The molecule has 148 valence electrons. The molecule has 1 fully saturated rings. The zero-order valence-electron chi connectivity index (χ0n) is 14.3. The number of alkyl halides is 3. The smallest absolute Gasteiger partial charge is 0.371 e. The number of nitrogens with zero attached hydrogens (tertiary/aromatic N) is 3. The molecule has 0 radical (unpaired) electrons. The summed E-state index contributed by atoms with van der Waals surface area (Å²) in [5.41, 5.74) is -0.121. The van der Waals surface area contributed by atoms with Crippen LogP contribution in [0.25, 0.3) is 0 Å². The van der Waals surface area contributed by atoms with Crippen LogP contribution in [-0.2, 0) is 10.9 Å². The van der Waals surface area contributed by atoms with E-state index in [2.05, 4.69) is 26.7 Å². The lowest BCUT2D eigenvalue weighted by Gasteiger charge is -2.24. The largest absolute Gasteiger partial charge is 0.434 e. The predicted molar refractivity (Wildman–Crippen MR) is 95.0 cm³/mol. The van der Waals surface area contributed by atoms with Gasteiger partial charge in [-0.25, -0.2) is 9.97 Å². The van der Waals surface area contributed by atoms with Crippen molar-refractivity contribution in [2.24, 2.45) is 0 Å². The van der Waals surface area contributed by atoms with E-state index in [-0.39, 0.29) is 24.2 Å². The van der Waals surface area contributed by atoms with Crippen molar-refractivity contribution in [1.82, 2.24) is 15.3 Å². The molecule has 1 amide bonds. The van der Waals surface area contributed by atoms with Gasteiger partial charge >= 0.3 is 6.18 Å². The maximum absolute atomic E-state index is 12.5. The highest BCUT2D eigenvalue weighted by Gasteiger charge is 2.33. The average molecular weight is 414 g/mol. The second-order valence-corrected chi connectivity index (χ2v) is 5.72. The van der Waals surface area contributed by atoms with Gasteiger partial charge in [-0.3, -0.25) is 4.79 Å². The molecule has 1 aliphatic heterocycles. The average Bonchev–Trinajstić information content (AvgIpc) is 2.68. The van der Waals surface area contributed by atoms with E-state index in [1.54, 1.807) is 12.1 Å². The maximum Gasteiger partial charge on any atom is 0.434 e. The zero-order chi connectivity index (χ0) is 19.4. The van der Waals surface area contributed by atoms with Gasteiger partial charge in [0.15, 0.2) is 5.69 Å². The highest BCUT2D eigenvalue weighted by atomic mass is 35.5. The third-order valence-corrected chi connectivity index (χ3v) is 3.88. The molecule has 11 heteroatoms. The number of amides is 1. The molecule has 1 saturated heterocycles. The molecule has 0 bridgehead atoms. The molecule has 7 nitrogen and oxygen atoms in total. The molecule has 2 heterocycles. The van der Waals surface area contributed by atoms with Crippen molar-refractivity contribution >= 4 is 24.0 Å². The molecule has 1 aromatic heterocycles. The van der Waals surface area contributed by atoms with Crippen LogP contribution in [0.15, 0.2) is 30.6 Å². The van der Waals surface area contributed by atoms with E-state index in [9.17, 15) is 23.2 Å². The van der Waals surface area contributed by atoms with E-state index in [1.807, 2.05) is 0 Å². The monoisotopic (exact) mass is 413 g/mol. The zero-order valence-corrected chi connectivity index (χ0v) is 15.1. The topological polar surface area (TPSA) is 99.9 Å². The van der Waals surface area contributed by atoms with Crippen LogP contribution in [-0.4, -0.2) is 35.6 Å². The quantitative estimate of drug-likeness (QED) is 0.802. The Kier molecular flexibility index (Phi) is 6.90. The molecule has 1 unspecified atom stereocenters. The van der Waals surface area contributed by atoms with Crippen molar-refractivity contribution in [1.29, 1.82) is 5.26 Å². The van der Waals surface area contributed by atoms with Gasteiger partial charge in [-0.05, 0) is 17.7 Å². The number of halogens is 4. The number of anilines is 1. The molecule has 0 aliphatic carbocycles. The van der Waals surface area contributed by atoms with Crippen molar-refractivity contribution < 1.29 is 22.7 Å². The number of hydrogen-bond donors (Lipinski definition) is 2. The molecule has 3 rings (SSSR count). The Morgan fingerprint density at radius 2 is 2.11 bits per heavy atom.